The van der Waals surface area contributed by atoms with Gasteiger partial charge in [0.25, 0.3) is 0 Å². The monoisotopic (exact) mass is 352 g/mol. The Morgan fingerprint density at radius 1 is 1.17 bits per heavy atom. The van der Waals surface area contributed by atoms with E-state index in [1.165, 1.54) is 17.0 Å². The van der Waals surface area contributed by atoms with Crippen molar-refractivity contribution >= 4 is 33.0 Å². The molecule has 2 aromatic rings. The van der Waals surface area contributed by atoms with Crippen LogP contribution in [-0.2, 0) is 21.2 Å². The number of hydrogen-bond donors (Lipinski definition) is 2. The van der Waals surface area contributed by atoms with Crippen LogP contribution in [0.25, 0.3) is 0 Å². The first-order valence-corrected chi connectivity index (χ1v) is 9.68. The van der Waals surface area contributed by atoms with Gasteiger partial charge in [-0.05, 0) is 56.0 Å². The molecule has 1 aromatic heterocycles. The Kier molecular flexibility index (Phi) is 5.92. The van der Waals surface area contributed by atoms with Crippen LogP contribution in [0.4, 0.5) is 5.69 Å². The van der Waals surface area contributed by atoms with Gasteiger partial charge in [0.2, 0.25) is 15.9 Å². The van der Waals surface area contributed by atoms with Crippen LogP contribution >= 0.6 is 11.3 Å². The van der Waals surface area contributed by atoms with Gasteiger partial charge in [-0.1, -0.05) is 6.07 Å². The molecule has 7 heteroatoms. The highest BCUT2D eigenvalue weighted by atomic mass is 32.2. The molecule has 0 spiro atoms. The lowest BCUT2D eigenvalue weighted by Gasteiger charge is -2.10. The fourth-order valence-electron chi connectivity index (χ4n) is 2.01. The summed E-state index contributed by atoms with van der Waals surface area (Å²) in [5.41, 5.74) is 0.588. The first-order valence-electron chi connectivity index (χ1n) is 7.31. The van der Waals surface area contributed by atoms with Crippen molar-refractivity contribution < 1.29 is 13.2 Å². The Labute approximate surface area is 140 Å². The molecule has 23 heavy (non-hydrogen) atoms. The van der Waals surface area contributed by atoms with Crippen LogP contribution in [0.3, 0.4) is 0 Å². The lowest BCUT2D eigenvalue weighted by molar-refractivity contribution is -0.116. The van der Waals surface area contributed by atoms with E-state index in [-0.39, 0.29) is 16.8 Å². The normalized spacial score (nSPS) is 11.6. The maximum atomic E-state index is 12.0. The molecule has 124 valence electrons. The van der Waals surface area contributed by atoms with Crippen LogP contribution in [0, 0.1) is 0 Å². The summed E-state index contributed by atoms with van der Waals surface area (Å²) in [6.07, 6.45) is 1.10. The van der Waals surface area contributed by atoms with Crippen LogP contribution in [0.1, 0.15) is 25.1 Å². The summed E-state index contributed by atoms with van der Waals surface area (Å²) in [6, 6.07) is 9.95. The quantitative estimate of drug-likeness (QED) is 0.804. The zero-order chi connectivity index (χ0) is 16.9. The minimum atomic E-state index is -3.51. The highest BCUT2D eigenvalue weighted by Crippen LogP contribution is 2.16. The second-order valence-electron chi connectivity index (χ2n) is 5.43. The number of anilines is 1. The molecule has 0 fully saturated rings. The first kappa shape index (κ1) is 17.7. The second-order valence-corrected chi connectivity index (χ2v) is 8.17. The van der Waals surface area contributed by atoms with Crippen LogP contribution in [0.5, 0.6) is 0 Å². The second kappa shape index (κ2) is 7.72. The SMILES string of the molecule is CC(C)NS(=O)(=O)c1ccc(NC(=O)CCc2cccs2)cc1. The number of hydrogen-bond acceptors (Lipinski definition) is 4. The maximum absolute atomic E-state index is 12.0. The third kappa shape index (κ3) is 5.46. The summed E-state index contributed by atoms with van der Waals surface area (Å²) in [5, 5.41) is 4.76. The summed E-state index contributed by atoms with van der Waals surface area (Å²) < 4.78 is 26.5. The summed E-state index contributed by atoms with van der Waals surface area (Å²) in [7, 11) is -3.51. The Hall–Kier alpha value is -1.70. The van der Waals surface area contributed by atoms with Gasteiger partial charge in [-0.15, -0.1) is 11.3 Å². The van der Waals surface area contributed by atoms with Crippen molar-refractivity contribution in [3.8, 4) is 0 Å². The summed E-state index contributed by atoms with van der Waals surface area (Å²) >= 11 is 1.63. The molecule has 1 heterocycles. The van der Waals surface area contributed by atoms with E-state index in [0.717, 1.165) is 0 Å². The van der Waals surface area contributed by atoms with Crippen molar-refractivity contribution in [2.24, 2.45) is 0 Å². The first-order chi connectivity index (χ1) is 10.9. The van der Waals surface area contributed by atoms with Gasteiger partial charge in [-0.3, -0.25) is 4.79 Å². The van der Waals surface area contributed by atoms with E-state index in [9.17, 15) is 13.2 Å². The Morgan fingerprint density at radius 2 is 1.87 bits per heavy atom. The number of nitrogens with one attached hydrogen (secondary N) is 2. The molecule has 0 saturated heterocycles. The number of amides is 1. The van der Waals surface area contributed by atoms with Crippen molar-refractivity contribution in [1.29, 1.82) is 0 Å². The minimum absolute atomic E-state index is 0.0886. The van der Waals surface area contributed by atoms with Crippen LogP contribution < -0.4 is 10.0 Å². The summed E-state index contributed by atoms with van der Waals surface area (Å²) in [6.45, 7) is 3.53. The number of benzene rings is 1. The molecular formula is C16H20N2O3S2. The van der Waals surface area contributed by atoms with Gasteiger partial charge in [0, 0.05) is 23.0 Å². The predicted octanol–water partition coefficient (Wildman–Crippen LogP) is 3.01. The lowest BCUT2D eigenvalue weighted by Crippen LogP contribution is -2.30. The standard InChI is InChI=1S/C16H20N2O3S2/c1-12(2)18-23(20,21)15-8-5-13(6-9-15)17-16(19)10-7-14-4-3-11-22-14/h3-6,8-9,11-12,18H,7,10H2,1-2H3,(H,17,19). The zero-order valence-corrected chi connectivity index (χ0v) is 14.7. The molecule has 1 amide bonds. The van der Waals surface area contributed by atoms with Crippen molar-refractivity contribution in [2.75, 3.05) is 5.32 Å². The number of thiophene rings is 1. The van der Waals surface area contributed by atoms with E-state index < -0.39 is 10.0 Å². The third-order valence-corrected chi connectivity index (χ3v) is 5.63. The fourth-order valence-corrected chi connectivity index (χ4v) is 3.97. The topological polar surface area (TPSA) is 75.3 Å². The van der Waals surface area contributed by atoms with Gasteiger partial charge >= 0.3 is 0 Å². The van der Waals surface area contributed by atoms with Gasteiger partial charge in [0.15, 0.2) is 0 Å². The molecule has 2 rings (SSSR count). The molecule has 0 atom stereocenters. The molecule has 0 unspecified atom stereocenters. The van der Waals surface area contributed by atoms with Gasteiger partial charge in [0.05, 0.1) is 4.90 Å². The Balaban J connectivity index is 1.93. The average molecular weight is 352 g/mol. The van der Waals surface area contributed by atoms with Gasteiger partial charge in [-0.25, -0.2) is 13.1 Å². The molecule has 5 nitrogen and oxygen atoms in total. The summed E-state index contributed by atoms with van der Waals surface area (Å²) in [5.74, 6) is -0.0886. The smallest absolute Gasteiger partial charge is 0.240 e. The summed E-state index contributed by atoms with van der Waals surface area (Å²) in [4.78, 5) is 13.2. The molecule has 0 saturated carbocycles. The highest BCUT2D eigenvalue weighted by molar-refractivity contribution is 7.89. The number of sulfonamides is 1. The largest absolute Gasteiger partial charge is 0.326 e. The van der Waals surface area contributed by atoms with Crippen LogP contribution in [0.15, 0.2) is 46.7 Å². The Morgan fingerprint density at radius 3 is 2.43 bits per heavy atom. The van der Waals surface area contributed by atoms with Crippen LogP contribution in [-0.4, -0.2) is 20.4 Å². The van der Waals surface area contributed by atoms with Gasteiger partial charge in [0.1, 0.15) is 0 Å². The molecule has 0 aliphatic rings. The van der Waals surface area contributed by atoms with Gasteiger partial charge < -0.3 is 5.32 Å². The molecule has 0 radical (unpaired) electrons. The highest BCUT2D eigenvalue weighted by Gasteiger charge is 2.15. The van der Waals surface area contributed by atoms with Crippen molar-refractivity contribution in [3.05, 3.63) is 46.7 Å². The van der Waals surface area contributed by atoms with Crippen LogP contribution in [0.2, 0.25) is 0 Å². The van der Waals surface area contributed by atoms with E-state index in [1.54, 1.807) is 37.3 Å². The predicted molar refractivity (Wildman–Crippen MR) is 93.2 cm³/mol. The third-order valence-electron chi connectivity index (χ3n) is 3.02. The zero-order valence-electron chi connectivity index (χ0n) is 13.1. The molecular weight excluding hydrogens is 332 g/mol. The molecule has 0 aliphatic heterocycles. The van der Waals surface area contributed by atoms with E-state index >= 15 is 0 Å². The molecule has 1 aromatic carbocycles. The number of aryl methyl sites for hydroxylation is 1. The average Bonchev–Trinajstić information content (AvgIpc) is 2.97. The number of rotatable bonds is 7. The molecule has 0 aliphatic carbocycles. The van der Waals surface area contributed by atoms with E-state index in [0.29, 0.717) is 18.5 Å². The van der Waals surface area contributed by atoms with E-state index in [1.807, 2.05) is 17.5 Å². The molecule has 2 N–H and O–H groups in total. The van der Waals surface area contributed by atoms with Crippen molar-refractivity contribution in [3.63, 3.8) is 0 Å². The number of carbonyl (C=O) groups excluding carboxylic acids is 1. The van der Waals surface area contributed by atoms with E-state index in [4.69, 9.17) is 0 Å². The maximum Gasteiger partial charge on any atom is 0.240 e. The van der Waals surface area contributed by atoms with Crippen molar-refractivity contribution in [1.82, 2.24) is 4.72 Å². The lowest BCUT2D eigenvalue weighted by atomic mass is 10.2. The minimum Gasteiger partial charge on any atom is -0.326 e. The van der Waals surface area contributed by atoms with Gasteiger partial charge in [-0.2, -0.15) is 0 Å². The van der Waals surface area contributed by atoms with Crippen molar-refractivity contribution in [2.45, 2.75) is 37.6 Å². The Bertz CT molecular complexity index is 736. The fraction of sp³-hybridized carbons (Fsp3) is 0.312. The molecule has 0 bridgehead atoms. The van der Waals surface area contributed by atoms with E-state index in [2.05, 4.69) is 10.0 Å². The number of carbonyl (C=O) groups is 1.